The lowest BCUT2D eigenvalue weighted by Crippen LogP contribution is -2.49. The molecule has 2 aliphatic rings. The third-order valence-corrected chi connectivity index (χ3v) is 6.46. The number of nitrogens with two attached hydrogens (primary N) is 1. The number of nitrogens with zero attached hydrogens (tertiary/aromatic N) is 3. The number of carboxylic acid groups (broad SMARTS) is 1. The fraction of sp³-hybridized carbons (Fsp3) is 0.455. The number of rotatable bonds is 6. The molecule has 5 N–H and O–H groups in total. The van der Waals surface area contributed by atoms with Gasteiger partial charge in [-0.1, -0.05) is 6.07 Å². The number of carbonyl (C=O) groups excluding carboxylic acids is 1. The first-order valence-electron chi connectivity index (χ1n) is 10.7. The van der Waals surface area contributed by atoms with Crippen LogP contribution in [-0.2, 0) is 29.0 Å². The molecule has 0 bridgehead atoms. The van der Waals surface area contributed by atoms with E-state index >= 15 is 0 Å². The van der Waals surface area contributed by atoms with Gasteiger partial charge in [-0.2, -0.15) is 0 Å². The van der Waals surface area contributed by atoms with Crippen molar-refractivity contribution in [3.05, 3.63) is 47.5 Å². The zero-order valence-corrected chi connectivity index (χ0v) is 20.3. The molecule has 0 aliphatic carbocycles. The van der Waals surface area contributed by atoms with E-state index < -0.39 is 11.4 Å². The summed E-state index contributed by atoms with van der Waals surface area (Å²) in [7, 11) is 0. The number of benzene rings is 1. The Balaban J connectivity index is 0.00000204. The number of likely N-dealkylation sites (tertiary alicyclic amines) is 1. The predicted molar refractivity (Wildman–Crippen MR) is 131 cm³/mol. The number of imidazole rings is 1. The molecule has 3 heterocycles. The van der Waals surface area contributed by atoms with Crippen LogP contribution in [0.1, 0.15) is 29.7 Å². The number of piperidine rings is 1. The summed E-state index contributed by atoms with van der Waals surface area (Å²) < 4.78 is 5.95. The summed E-state index contributed by atoms with van der Waals surface area (Å²) in [5.74, 6) is -0.313. The molecule has 0 spiro atoms. The number of carboxylic acids is 1. The van der Waals surface area contributed by atoms with Gasteiger partial charge in [-0.05, 0) is 42.5 Å². The van der Waals surface area contributed by atoms with Gasteiger partial charge in [0, 0.05) is 32.4 Å². The maximum atomic E-state index is 12.5. The van der Waals surface area contributed by atoms with E-state index in [0.717, 1.165) is 12.0 Å². The molecule has 0 atom stereocenters. The van der Waals surface area contributed by atoms with Crippen molar-refractivity contribution in [3.63, 3.8) is 0 Å². The number of H-pyrrole nitrogens is 1. The Bertz CT molecular complexity index is 1010. The number of hydrogen-bond acceptors (Lipinski definition) is 5. The molecule has 0 radical (unpaired) electrons. The molecule has 0 saturated carbocycles. The van der Waals surface area contributed by atoms with Gasteiger partial charge in [-0.3, -0.25) is 15.0 Å². The molecule has 1 aromatic carbocycles. The SMILES string of the molecule is Cl.Cl.N=C(N)N1CCc2ccc(OCC3(C(=O)O)CCN(C(=O)Cc4c[nH]cn4)CC3)cc2C1. The van der Waals surface area contributed by atoms with Gasteiger partial charge in [0.05, 0.1) is 18.4 Å². The minimum Gasteiger partial charge on any atom is -0.492 e. The zero-order chi connectivity index (χ0) is 22.7. The molecule has 2 aromatic rings. The lowest BCUT2D eigenvalue weighted by atomic mass is 9.79. The van der Waals surface area contributed by atoms with Crippen LogP contribution in [0.3, 0.4) is 0 Å². The Morgan fingerprint density at radius 3 is 2.53 bits per heavy atom. The summed E-state index contributed by atoms with van der Waals surface area (Å²) in [5, 5.41) is 17.6. The van der Waals surface area contributed by atoms with Crippen molar-refractivity contribution in [2.45, 2.75) is 32.2 Å². The maximum Gasteiger partial charge on any atom is 0.313 e. The van der Waals surface area contributed by atoms with Crippen LogP contribution in [0.25, 0.3) is 0 Å². The first kappa shape index (κ1) is 27.3. The summed E-state index contributed by atoms with van der Waals surface area (Å²) in [6.07, 6.45) is 4.88. The number of guanidine groups is 1. The van der Waals surface area contributed by atoms with E-state index in [-0.39, 0.29) is 49.7 Å². The number of aromatic amines is 1. The standard InChI is InChI=1S/C22H28N6O4.2ClH/c23-21(24)28-6-3-15-1-2-18(9-16(15)12-28)32-13-22(20(30)31)4-7-27(8-5-22)19(29)10-17-11-25-14-26-17;;/h1-2,9,11,14H,3-8,10,12-13H2,(H3,23,24)(H,25,26)(H,30,31);2*1H. The second kappa shape index (κ2) is 11.4. The summed E-state index contributed by atoms with van der Waals surface area (Å²) in [4.78, 5) is 35.0. The number of nitrogens with one attached hydrogen (secondary N) is 2. The number of hydrogen-bond donors (Lipinski definition) is 4. The van der Waals surface area contributed by atoms with Gasteiger partial charge in [0.1, 0.15) is 17.8 Å². The largest absolute Gasteiger partial charge is 0.492 e. The van der Waals surface area contributed by atoms with Gasteiger partial charge in [0.25, 0.3) is 0 Å². The van der Waals surface area contributed by atoms with E-state index in [2.05, 4.69) is 9.97 Å². The van der Waals surface area contributed by atoms with Crippen LogP contribution >= 0.6 is 24.8 Å². The highest BCUT2D eigenvalue weighted by atomic mass is 35.5. The average molecular weight is 513 g/mol. The van der Waals surface area contributed by atoms with Crippen molar-refractivity contribution in [3.8, 4) is 5.75 Å². The van der Waals surface area contributed by atoms with E-state index in [4.69, 9.17) is 15.9 Å². The number of aliphatic carboxylic acids is 1. The first-order chi connectivity index (χ1) is 15.4. The molecule has 0 unspecified atom stereocenters. The highest BCUT2D eigenvalue weighted by Gasteiger charge is 2.43. The van der Waals surface area contributed by atoms with Gasteiger partial charge in [-0.15, -0.1) is 24.8 Å². The summed E-state index contributed by atoms with van der Waals surface area (Å²) in [5.41, 5.74) is 7.47. The highest BCUT2D eigenvalue weighted by Crippen LogP contribution is 2.34. The van der Waals surface area contributed by atoms with Gasteiger partial charge >= 0.3 is 5.97 Å². The van der Waals surface area contributed by atoms with Crippen molar-refractivity contribution in [2.24, 2.45) is 11.1 Å². The minimum atomic E-state index is -1.04. The molecule has 1 aromatic heterocycles. The third-order valence-electron chi connectivity index (χ3n) is 6.46. The minimum absolute atomic E-state index is 0. The number of halogens is 2. The lowest BCUT2D eigenvalue weighted by Gasteiger charge is -2.38. The van der Waals surface area contributed by atoms with E-state index in [1.54, 1.807) is 16.0 Å². The molecule has 186 valence electrons. The fourth-order valence-corrected chi connectivity index (χ4v) is 4.31. The molecular weight excluding hydrogens is 483 g/mol. The van der Waals surface area contributed by atoms with Crippen LogP contribution in [0.2, 0.25) is 0 Å². The number of aromatic nitrogens is 2. The molecule has 1 amide bonds. The second-order valence-corrected chi connectivity index (χ2v) is 8.48. The third kappa shape index (κ3) is 5.92. The van der Waals surface area contributed by atoms with Crippen molar-refractivity contribution in [1.82, 2.24) is 19.8 Å². The number of ether oxygens (including phenoxy) is 1. The molecule has 2 aliphatic heterocycles. The van der Waals surface area contributed by atoms with Crippen LogP contribution in [0.15, 0.2) is 30.7 Å². The van der Waals surface area contributed by atoms with Gasteiger partial charge < -0.3 is 30.4 Å². The van der Waals surface area contributed by atoms with Crippen LogP contribution in [0.5, 0.6) is 5.75 Å². The van der Waals surface area contributed by atoms with Crippen LogP contribution in [-0.4, -0.2) is 69.0 Å². The van der Waals surface area contributed by atoms with Crippen molar-refractivity contribution < 1.29 is 19.4 Å². The molecular formula is C22H30Cl2N6O4. The normalized spacial score (nSPS) is 16.5. The van der Waals surface area contributed by atoms with Crippen molar-refractivity contribution >= 4 is 42.7 Å². The fourth-order valence-electron chi connectivity index (χ4n) is 4.31. The van der Waals surface area contributed by atoms with E-state index in [9.17, 15) is 14.7 Å². The van der Waals surface area contributed by atoms with E-state index in [1.165, 1.54) is 11.9 Å². The number of amides is 1. The topological polar surface area (TPSA) is 149 Å². The lowest BCUT2D eigenvalue weighted by molar-refractivity contribution is -0.156. The Kier molecular flexibility index (Phi) is 9.17. The predicted octanol–water partition coefficient (Wildman–Crippen LogP) is 1.82. The highest BCUT2D eigenvalue weighted by molar-refractivity contribution is 5.85. The van der Waals surface area contributed by atoms with Crippen LogP contribution < -0.4 is 10.5 Å². The van der Waals surface area contributed by atoms with Gasteiger partial charge in [0.2, 0.25) is 5.91 Å². The molecule has 1 saturated heterocycles. The monoisotopic (exact) mass is 512 g/mol. The molecule has 1 fully saturated rings. The van der Waals surface area contributed by atoms with E-state index in [1.807, 2.05) is 18.2 Å². The second-order valence-electron chi connectivity index (χ2n) is 8.48. The van der Waals surface area contributed by atoms with Gasteiger partial charge in [0.15, 0.2) is 5.96 Å². The smallest absolute Gasteiger partial charge is 0.313 e. The Morgan fingerprint density at radius 1 is 1.18 bits per heavy atom. The zero-order valence-electron chi connectivity index (χ0n) is 18.7. The Labute approximate surface area is 210 Å². The van der Waals surface area contributed by atoms with Crippen molar-refractivity contribution in [2.75, 3.05) is 26.2 Å². The number of fused-ring (bicyclic) bond motifs is 1. The summed E-state index contributed by atoms with van der Waals surface area (Å²) in [6, 6.07) is 5.76. The molecule has 4 rings (SSSR count). The Morgan fingerprint density at radius 2 is 1.91 bits per heavy atom. The van der Waals surface area contributed by atoms with Crippen molar-refractivity contribution in [1.29, 1.82) is 5.41 Å². The first-order valence-corrected chi connectivity index (χ1v) is 10.7. The van der Waals surface area contributed by atoms with Crippen LogP contribution in [0.4, 0.5) is 0 Å². The van der Waals surface area contributed by atoms with Gasteiger partial charge in [-0.25, -0.2) is 4.98 Å². The molecule has 12 heteroatoms. The number of carbonyl (C=O) groups is 2. The quantitative estimate of drug-likeness (QED) is 0.340. The molecule has 34 heavy (non-hydrogen) atoms. The average Bonchev–Trinajstić information content (AvgIpc) is 3.30. The molecule has 10 nitrogen and oxygen atoms in total. The van der Waals surface area contributed by atoms with Crippen LogP contribution in [0, 0.1) is 10.8 Å². The maximum absolute atomic E-state index is 12.5. The Hall–Kier alpha value is -2.98. The summed E-state index contributed by atoms with van der Waals surface area (Å²) >= 11 is 0. The summed E-state index contributed by atoms with van der Waals surface area (Å²) in [6.45, 7) is 2.03. The van der Waals surface area contributed by atoms with E-state index in [0.29, 0.717) is 50.5 Å².